The summed E-state index contributed by atoms with van der Waals surface area (Å²) in [5, 5.41) is 0. The molecule has 2 unspecified atom stereocenters. The second-order valence-electron chi connectivity index (χ2n) is 1.61. The molecule has 0 aliphatic rings. The van der Waals surface area contributed by atoms with Crippen LogP contribution < -0.4 is 9.79 Å². The average molecular weight is 248 g/mol. The van der Waals surface area contributed by atoms with Gasteiger partial charge in [-0.2, -0.15) is 0 Å². The molecular weight excluding hydrogens is 238 g/mol. The van der Waals surface area contributed by atoms with Gasteiger partial charge in [-0.1, -0.05) is 22.3 Å². The molecule has 0 N–H and O–H groups in total. The van der Waals surface area contributed by atoms with Gasteiger partial charge in [0, 0.05) is 0 Å². The first kappa shape index (κ1) is 19.4. The van der Waals surface area contributed by atoms with Gasteiger partial charge in [0.05, 0.1) is 0 Å². The smallest absolute Gasteiger partial charge is 0.595 e. The summed E-state index contributed by atoms with van der Waals surface area (Å²) >= 11 is 0. The standard InChI is InChI=1S/2C3H5O2P.Ca/c2*1-2-3-6(4)5;/h2*2H,1,3H2;/q;;+2. The molecule has 0 bridgehead atoms. The molecule has 13 heavy (non-hydrogen) atoms. The molecule has 0 fully saturated rings. The van der Waals surface area contributed by atoms with Crippen molar-refractivity contribution in [1.82, 2.24) is 0 Å². The number of hydrogen-bond donors (Lipinski definition) is 0. The first-order chi connectivity index (χ1) is 5.54. The summed E-state index contributed by atoms with van der Waals surface area (Å²) in [5.74, 6) is 0. The normalized spacial score (nSPS) is 9.69. The zero-order chi connectivity index (χ0) is 9.98. The van der Waals surface area contributed by atoms with Gasteiger partial charge in [-0.3, -0.25) is 0 Å². The van der Waals surface area contributed by atoms with Crippen LogP contribution in [0.2, 0.25) is 0 Å². The van der Waals surface area contributed by atoms with E-state index in [1.807, 2.05) is 0 Å². The maximum Gasteiger partial charge on any atom is 2.00 e. The van der Waals surface area contributed by atoms with Crippen LogP contribution in [-0.2, 0) is 9.13 Å². The van der Waals surface area contributed by atoms with Crippen molar-refractivity contribution in [3.8, 4) is 0 Å². The van der Waals surface area contributed by atoms with Crippen molar-refractivity contribution >= 4 is 53.8 Å². The fourth-order valence-corrected chi connectivity index (χ4v) is 0.632. The van der Waals surface area contributed by atoms with Gasteiger partial charge in [-0.25, -0.2) is 0 Å². The molecule has 0 saturated carbocycles. The first-order valence-electron chi connectivity index (χ1n) is 3.00. The van der Waals surface area contributed by atoms with Crippen LogP contribution in [0, 0.1) is 0 Å². The summed E-state index contributed by atoms with van der Waals surface area (Å²) < 4.78 is 19.1. The third-order valence-electron chi connectivity index (χ3n) is 0.556. The van der Waals surface area contributed by atoms with E-state index in [4.69, 9.17) is 0 Å². The number of hydrogen-bond acceptors (Lipinski definition) is 4. The Kier molecular flexibility index (Phi) is 22.9. The van der Waals surface area contributed by atoms with Crippen LogP contribution in [0.15, 0.2) is 25.3 Å². The Balaban J connectivity index is -0.000000143. The van der Waals surface area contributed by atoms with Crippen molar-refractivity contribution < 1.29 is 18.9 Å². The van der Waals surface area contributed by atoms with E-state index < -0.39 is 16.1 Å². The van der Waals surface area contributed by atoms with E-state index in [9.17, 15) is 18.9 Å². The monoisotopic (exact) mass is 248 g/mol. The second kappa shape index (κ2) is 15.3. The molecule has 0 aliphatic carbocycles. The number of rotatable bonds is 4. The third kappa shape index (κ3) is 32.2. The van der Waals surface area contributed by atoms with Gasteiger partial charge >= 0.3 is 53.8 Å². The van der Waals surface area contributed by atoms with Gasteiger partial charge in [0.15, 0.2) is 12.3 Å². The molecule has 0 spiro atoms. The van der Waals surface area contributed by atoms with Crippen molar-refractivity contribution in [1.29, 1.82) is 0 Å². The average Bonchev–Trinajstić information content (AvgIpc) is 1.87. The molecule has 68 valence electrons. The van der Waals surface area contributed by atoms with Crippen molar-refractivity contribution in [3.05, 3.63) is 25.3 Å². The number of allylic oxidation sites excluding steroid dienone is 2. The molecule has 0 amide bonds. The maximum atomic E-state index is 9.57. The molecule has 0 heterocycles. The van der Waals surface area contributed by atoms with Crippen LogP contribution >= 0.6 is 16.1 Å². The van der Waals surface area contributed by atoms with Crippen LogP contribution in [0.4, 0.5) is 0 Å². The predicted octanol–water partition coefficient (Wildman–Crippen LogP) is 0.169. The van der Waals surface area contributed by atoms with Crippen molar-refractivity contribution in [2.45, 2.75) is 0 Å². The summed E-state index contributed by atoms with van der Waals surface area (Å²) in [4.78, 5) is 19.1. The SMILES string of the molecule is C=CC[P+](=O)[O-].C=CC[P+](=O)[O-].[Ca+2]. The van der Waals surface area contributed by atoms with Gasteiger partial charge in [-0.15, -0.1) is 0 Å². The quantitative estimate of drug-likeness (QED) is 0.403. The predicted molar refractivity (Wildman–Crippen MR) is 51.1 cm³/mol. The summed E-state index contributed by atoms with van der Waals surface area (Å²) in [6.45, 7) is 6.43. The van der Waals surface area contributed by atoms with Crippen LogP contribution in [0.3, 0.4) is 0 Å². The molecule has 4 nitrogen and oxygen atoms in total. The summed E-state index contributed by atoms with van der Waals surface area (Å²) in [7, 11) is -4.44. The van der Waals surface area contributed by atoms with E-state index in [1.165, 1.54) is 12.2 Å². The minimum Gasteiger partial charge on any atom is -0.595 e. The minimum absolute atomic E-state index is 0. The Morgan fingerprint density at radius 1 is 1.00 bits per heavy atom. The summed E-state index contributed by atoms with van der Waals surface area (Å²) in [6, 6.07) is 0. The minimum atomic E-state index is -2.22. The van der Waals surface area contributed by atoms with Gasteiger partial charge in [-0.05, 0) is 12.2 Å². The molecule has 7 heteroatoms. The molecule has 0 saturated heterocycles. The molecule has 2 atom stereocenters. The molecule has 0 rings (SSSR count). The van der Waals surface area contributed by atoms with E-state index in [1.54, 1.807) is 0 Å². The molecule has 0 radical (unpaired) electrons. The Bertz CT molecular complexity index is 163. The summed E-state index contributed by atoms with van der Waals surface area (Å²) in [6.07, 6.45) is 2.89. The van der Waals surface area contributed by atoms with E-state index in [-0.39, 0.29) is 50.1 Å². The molecule has 0 aromatic heterocycles. The molecular formula is C6H10CaO4P2+2. The third-order valence-corrected chi connectivity index (χ3v) is 1.67. The Morgan fingerprint density at radius 2 is 1.23 bits per heavy atom. The summed E-state index contributed by atoms with van der Waals surface area (Å²) in [5.41, 5.74) is 0. The van der Waals surface area contributed by atoms with E-state index in [0.717, 1.165) is 0 Å². The van der Waals surface area contributed by atoms with Gasteiger partial charge < -0.3 is 9.79 Å². The van der Waals surface area contributed by atoms with E-state index in [0.29, 0.717) is 0 Å². The molecule has 0 aliphatic heterocycles. The fraction of sp³-hybridized carbons (Fsp3) is 0.333. The van der Waals surface area contributed by atoms with Crippen LogP contribution in [0.25, 0.3) is 0 Å². The van der Waals surface area contributed by atoms with E-state index in [2.05, 4.69) is 13.2 Å². The van der Waals surface area contributed by atoms with Crippen molar-refractivity contribution in [2.75, 3.05) is 12.3 Å². The van der Waals surface area contributed by atoms with Crippen molar-refractivity contribution in [3.63, 3.8) is 0 Å². The largest absolute Gasteiger partial charge is 2.00 e. The topological polar surface area (TPSA) is 80.3 Å². The second-order valence-corrected chi connectivity index (χ2v) is 3.67. The van der Waals surface area contributed by atoms with Gasteiger partial charge in [0.2, 0.25) is 0 Å². The van der Waals surface area contributed by atoms with Gasteiger partial charge in [0.25, 0.3) is 0 Å². The molecule has 0 aromatic rings. The zero-order valence-electron chi connectivity index (χ0n) is 7.22. The van der Waals surface area contributed by atoms with Gasteiger partial charge in [0.1, 0.15) is 0 Å². The van der Waals surface area contributed by atoms with Crippen LogP contribution in [0.1, 0.15) is 0 Å². The Hall–Kier alpha value is 0.860. The maximum absolute atomic E-state index is 9.57. The van der Waals surface area contributed by atoms with Crippen molar-refractivity contribution in [2.24, 2.45) is 0 Å². The molecule has 0 aromatic carbocycles. The Morgan fingerprint density at radius 3 is 1.23 bits per heavy atom. The first-order valence-corrected chi connectivity index (χ1v) is 5.72. The van der Waals surface area contributed by atoms with Crippen LogP contribution in [-0.4, -0.2) is 50.1 Å². The fourth-order valence-electron chi connectivity index (χ4n) is 0.211. The Labute approximate surface area is 109 Å². The van der Waals surface area contributed by atoms with E-state index >= 15 is 0 Å². The van der Waals surface area contributed by atoms with Crippen LogP contribution in [0.5, 0.6) is 0 Å². The zero-order valence-corrected chi connectivity index (χ0v) is 11.2.